The molecule has 1 atom stereocenters. The number of hydrogen-bond acceptors (Lipinski definition) is 5. The highest BCUT2D eigenvalue weighted by Crippen LogP contribution is 2.35. The minimum absolute atomic E-state index is 0.0375. The number of halogens is 3. The van der Waals surface area contributed by atoms with E-state index in [4.69, 9.17) is 12.2 Å². The molecule has 0 aliphatic carbocycles. The van der Waals surface area contributed by atoms with Gasteiger partial charge in [0.25, 0.3) is 0 Å². The van der Waals surface area contributed by atoms with Gasteiger partial charge >= 0.3 is 6.18 Å². The second kappa shape index (κ2) is 7.67. The Balaban J connectivity index is 1.55. The summed E-state index contributed by atoms with van der Waals surface area (Å²) in [6, 6.07) is 3.86. The fraction of sp³-hybridized carbons (Fsp3) is 0.579. The predicted molar refractivity (Wildman–Crippen MR) is 110 cm³/mol. The first-order valence-electron chi connectivity index (χ1n) is 9.82. The van der Waals surface area contributed by atoms with Gasteiger partial charge in [0.15, 0.2) is 14.6 Å². The molecule has 11 heteroatoms. The first-order valence-corrected chi connectivity index (χ1v) is 12.0. The zero-order valence-corrected chi connectivity index (χ0v) is 18.2. The van der Waals surface area contributed by atoms with Gasteiger partial charge in [-0.25, -0.2) is 13.1 Å². The molecule has 6 nitrogen and oxygen atoms in total. The van der Waals surface area contributed by atoms with Crippen molar-refractivity contribution >= 4 is 27.7 Å². The fourth-order valence-corrected chi connectivity index (χ4v) is 6.32. The number of aryl methyl sites for hydroxylation is 1. The number of nitrogens with zero attached hydrogens (tertiary/aromatic N) is 4. The maximum absolute atomic E-state index is 13.0. The molecule has 1 fully saturated rings. The molecule has 0 unspecified atom stereocenters. The number of fused-ring (bicyclic) bond motifs is 1. The zero-order chi connectivity index (χ0) is 21.7. The number of sulfone groups is 1. The van der Waals surface area contributed by atoms with Crippen LogP contribution in [0.3, 0.4) is 0 Å². The summed E-state index contributed by atoms with van der Waals surface area (Å²) in [5.74, 6) is 1.16. The Bertz CT molecular complexity index is 1120. The topological polar surface area (TPSA) is 60.1 Å². The molecule has 4 rings (SSSR count). The maximum Gasteiger partial charge on any atom is 0.416 e. The van der Waals surface area contributed by atoms with Gasteiger partial charge in [-0.15, -0.1) is 0 Å². The predicted octanol–water partition coefficient (Wildman–Crippen LogP) is 3.36. The molecular formula is C19H23F3N4O2S2. The van der Waals surface area contributed by atoms with E-state index in [1.165, 1.54) is 12.1 Å². The van der Waals surface area contributed by atoms with Crippen LogP contribution in [-0.2, 0) is 42.6 Å². The van der Waals surface area contributed by atoms with Gasteiger partial charge in [0.2, 0.25) is 0 Å². The molecule has 164 valence electrons. The summed E-state index contributed by atoms with van der Waals surface area (Å²) in [5, 5.41) is 4.60. The second-order valence-electron chi connectivity index (χ2n) is 8.08. The molecular weight excluding hydrogens is 437 g/mol. The summed E-state index contributed by atoms with van der Waals surface area (Å²) < 4.78 is 66.5. The molecule has 1 aromatic heterocycles. The summed E-state index contributed by atoms with van der Waals surface area (Å²) in [6.45, 7) is 1.04. The molecule has 1 aromatic carbocycles. The van der Waals surface area contributed by atoms with Crippen molar-refractivity contribution in [1.29, 1.82) is 0 Å². The summed E-state index contributed by atoms with van der Waals surface area (Å²) >= 11 is 5.51. The minimum Gasteiger partial charge on any atom is -0.352 e. The van der Waals surface area contributed by atoms with E-state index in [2.05, 4.69) is 5.10 Å². The van der Waals surface area contributed by atoms with Crippen molar-refractivity contribution in [3.8, 4) is 0 Å². The van der Waals surface area contributed by atoms with Gasteiger partial charge in [-0.2, -0.15) is 18.3 Å². The van der Waals surface area contributed by atoms with Crippen LogP contribution >= 0.6 is 12.2 Å². The van der Waals surface area contributed by atoms with E-state index in [0.29, 0.717) is 42.8 Å². The smallest absolute Gasteiger partial charge is 0.352 e. The van der Waals surface area contributed by atoms with Crippen LogP contribution in [-0.4, -0.2) is 40.8 Å². The average Bonchev–Trinajstić information content (AvgIpc) is 3.14. The highest BCUT2D eigenvalue weighted by atomic mass is 32.2. The quantitative estimate of drug-likeness (QED) is 0.655. The molecule has 0 bridgehead atoms. The average molecular weight is 461 g/mol. The molecule has 0 amide bonds. The van der Waals surface area contributed by atoms with E-state index >= 15 is 0 Å². The highest BCUT2D eigenvalue weighted by molar-refractivity contribution is 7.91. The molecule has 0 N–H and O–H groups in total. The van der Waals surface area contributed by atoms with Crippen molar-refractivity contribution < 1.29 is 21.6 Å². The third kappa shape index (κ3) is 4.27. The van der Waals surface area contributed by atoms with Crippen LogP contribution in [0, 0.1) is 10.7 Å². The second-order valence-corrected chi connectivity index (χ2v) is 10.7. The molecule has 2 aliphatic rings. The SMILES string of the molecule is Cn1c(C[C@@H]2CCS(=O)(=O)C2)nn(CN2CCCc3cc(C(F)(F)F)ccc32)c1=S. The lowest BCUT2D eigenvalue weighted by Gasteiger charge is -2.31. The Kier molecular flexibility index (Phi) is 5.46. The third-order valence-corrected chi connectivity index (χ3v) is 8.18. The summed E-state index contributed by atoms with van der Waals surface area (Å²) in [7, 11) is -1.15. The van der Waals surface area contributed by atoms with Crippen LogP contribution in [0.5, 0.6) is 0 Å². The monoisotopic (exact) mass is 460 g/mol. The van der Waals surface area contributed by atoms with Crippen LogP contribution in [0.2, 0.25) is 0 Å². The van der Waals surface area contributed by atoms with Crippen LogP contribution in [0.15, 0.2) is 18.2 Å². The fourth-order valence-electron chi connectivity index (χ4n) is 4.25. The first-order chi connectivity index (χ1) is 14.0. The normalized spacial score (nSPS) is 21.1. The number of anilines is 1. The number of hydrogen-bond donors (Lipinski definition) is 0. The van der Waals surface area contributed by atoms with Crippen molar-refractivity contribution in [2.24, 2.45) is 13.0 Å². The lowest BCUT2D eigenvalue weighted by Crippen LogP contribution is -2.32. The summed E-state index contributed by atoms with van der Waals surface area (Å²) in [4.78, 5) is 1.99. The minimum atomic E-state index is -4.36. The third-order valence-electron chi connectivity index (χ3n) is 5.86. The number of rotatable bonds is 4. The summed E-state index contributed by atoms with van der Waals surface area (Å²) in [5.41, 5.74) is 0.812. The van der Waals surface area contributed by atoms with E-state index in [9.17, 15) is 21.6 Å². The Morgan fingerprint density at radius 1 is 1.30 bits per heavy atom. The Morgan fingerprint density at radius 3 is 2.73 bits per heavy atom. The lowest BCUT2D eigenvalue weighted by molar-refractivity contribution is -0.137. The van der Waals surface area contributed by atoms with Crippen molar-refractivity contribution in [3.63, 3.8) is 0 Å². The first kappa shape index (κ1) is 21.4. The summed E-state index contributed by atoms with van der Waals surface area (Å²) in [6.07, 6.45) is -1.84. The molecule has 2 aromatic rings. The van der Waals surface area contributed by atoms with Gasteiger partial charge in [-0.3, -0.25) is 0 Å². The Labute approximate surface area is 178 Å². The van der Waals surface area contributed by atoms with Crippen LogP contribution in [0.1, 0.15) is 29.8 Å². The molecule has 3 heterocycles. The maximum atomic E-state index is 13.0. The largest absolute Gasteiger partial charge is 0.416 e. The molecule has 0 saturated carbocycles. The van der Waals surface area contributed by atoms with Crippen LogP contribution in [0.4, 0.5) is 18.9 Å². The van der Waals surface area contributed by atoms with E-state index in [0.717, 1.165) is 24.0 Å². The Hall–Kier alpha value is -1.88. The van der Waals surface area contributed by atoms with Gasteiger partial charge in [0.05, 0.1) is 17.1 Å². The molecule has 2 aliphatic heterocycles. The van der Waals surface area contributed by atoms with E-state index < -0.39 is 21.6 Å². The zero-order valence-electron chi connectivity index (χ0n) is 16.5. The van der Waals surface area contributed by atoms with Crippen molar-refractivity contribution in [3.05, 3.63) is 39.9 Å². The standard InChI is InChI=1S/C19H23F3N4O2S2/c1-24-17(9-13-6-8-30(27,28)11-13)23-26(18(24)29)12-25-7-2-3-14-10-15(19(20,21)22)4-5-16(14)25/h4-5,10,13H,2-3,6-9,11-12H2,1H3/t13-/m0/s1. The van der Waals surface area contributed by atoms with Crippen LogP contribution in [0.25, 0.3) is 0 Å². The van der Waals surface area contributed by atoms with Gasteiger partial charge < -0.3 is 9.47 Å². The van der Waals surface area contributed by atoms with Gasteiger partial charge in [0.1, 0.15) is 12.5 Å². The molecule has 1 saturated heterocycles. The molecule has 0 radical (unpaired) electrons. The van der Waals surface area contributed by atoms with E-state index in [-0.39, 0.29) is 17.4 Å². The number of aromatic nitrogens is 3. The van der Waals surface area contributed by atoms with Crippen LogP contribution < -0.4 is 4.90 Å². The highest BCUT2D eigenvalue weighted by Gasteiger charge is 2.32. The number of benzene rings is 1. The number of alkyl halides is 3. The van der Waals surface area contributed by atoms with E-state index in [1.807, 2.05) is 11.9 Å². The molecule has 30 heavy (non-hydrogen) atoms. The van der Waals surface area contributed by atoms with E-state index in [1.54, 1.807) is 9.25 Å². The lowest BCUT2D eigenvalue weighted by atomic mass is 9.99. The van der Waals surface area contributed by atoms with Gasteiger partial charge in [-0.05, 0) is 61.2 Å². The van der Waals surface area contributed by atoms with Gasteiger partial charge in [0, 0.05) is 25.7 Å². The Morgan fingerprint density at radius 2 is 2.07 bits per heavy atom. The van der Waals surface area contributed by atoms with Crippen molar-refractivity contribution in [2.75, 3.05) is 23.0 Å². The van der Waals surface area contributed by atoms with Gasteiger partial charge in [-0.1, -0.05) is 0 Å². The van der Waals surface area contributed by atoms with Crippen molar-refractivity contribution in [2.45, 2.75) is 38.5 Å². The molecule has 0 spiro atoms. The van der Waals surface area contributed by atoms with Crippen molar-refractivity contribution in [1.82, 2.24) is 14.3 Å².